The second kappa shape index (κ2) is 21.1. The summed E-state index contributed by atoms with van der Waals surface area (Å²) in [5.41, 5.74) is 1.52. The summed E-state index contributed by atoms with van der Waals surface area (Å²) in [6.07, 6.45) is 9.97. The molecule has 85 heavy (non-hydrogen) atoms. The van der Waals surface area contributed by atoms with Crippen LogP contribution < -0.4 is 21.7 Å². The fourth-order valence-corrected chi connectivity index (χ4v) is 22.7. The molecule has 1 amide bonds. The number of aromatic nitrogens is 4. The van der Waals surface area contributed by atoms with E-state index in [-0.39, 0.29) is 49.5 Å². The molecule has 21 nitrogen and oxygen atoms in total. The zero-order valence-corrected chi connectivity index (χ0v) is 50.2. The highest BCUT2D eigenvalue weighted by atomic mass is 16.7. The molecule has 25 unspecified atom stereocenters. The molecule has 16 N–H and O–H groups in total. The summed E-state index contributed by atoms with van der Waals surface area (Å²) in [4.78, 5) is 46.2. The highest BCUT2D eigenvalue weighted by Crippen LogP contribution is 2.80. The third kappa shape index (κ3) is 8.21. The first-order valence-electron chi connectivity index (χ1n) is 32.2. The molecule has 1 spiro atoms. The van der Waals surface area contributed by atoms with Gasteiger partial charge in [0.2, 0.25) is 5.91 Å². The summed E-state index contributed by atoms with van der Waals surface area (Å²) < 4.78 is 12.9. The Balaban J connectivity index is 1.02. The van der Waals surface area contributed by atoms with Crippen molar-refractivity contribution in [2.75, 3.05) is 38.2 Å². The van der Waals surface area contributed by atoms with Crippen LogP contribution in [-0.2, 0) is 30.9 Å². The SMILES string of the molecule is CC1(CO)CCC2(C(=O)O)C(C1)C1=CCC3C4(C)C(C5C=CC(c6cnc[nH]6)(C(O)C(CNC6CCCC6)C(N)O)C6NC(=O)C7(CCCC7)C56)C(O)C(OC5OCC(O)C(O)C5O)C(C)(CO)C4CCC3(C)C1(C)C1Cc3[nH]cnc3NCC12. The van der Waals surface area contributed by atoms with E-state index in [1.165, 1.54) is 0 Å². The number of carboxylic acids is 1. The summed E-state index contributed by atoms with van der Waals surface area (Å²) in [5.74, 6) is -4.88. The molecule has 11 aliphatic rings. The minimum Gasteiger partial charge on any atom is -0.481 e. The molecule has 470 valence electrons. The number of nitrogens with one attached hydrogen (secondary N) is 5. The molecule has 6 saturated carbocycles. The maximum Gasteiger partial charge on any atom is 0.310 e. The Labute approximate surface area is 498 Å². The molecule has 13 rings (SSSR count). The molecule has 3 aliphatic heterocycles. The predicted molar refractivity (Wildman–Crippen MR) is 310 cm³/mol. The van der Waals surface area contributed by atoms with Crippen molar-refractivity contribution in [2.24, 2.45) is 96.9 Å². The molecule has 2 saturated heterocycles. The van der Waals surface area contributed by atoms with Crippen molar-refractivity contribution >= 4 is 17.7 Å². The lowest BCUT2D eigenvalue weighted by molar-refractivity contribution is -0.344. The highest BCUT2D eigenvalue weighted by molar-refractivity contribution is 5.87. The molecule has 8 fully saturated rings. The first kappa shape index (κ1) is 60.1. The molecular weight excluding hydrogens is 1090 g/mol. The lowest BCUT2D eigenvalue weighted by Gasteiger charge is -2.76. The average Bonchev–Trinajstić information content (AvgIpc) is 1.26. The topological polar surface area (TPSA) is 354 Å². The van der Waals surface area contributed by atoms with Crippen LogP contribution in [0.25, 0.3) is 0 Å². The van der Waals surface area contributed by atoms with Gasteiger partial charge in [0, 0.05) is 54.9 Å². The number of imidazole rings is 2. The summed E-state index contributed by atoms with van der Waals surface area (Å²) in [6, 6.07) is -0.642. The Hall–Kier alpha value is -3.84. The zero-order chi connectivity index (χ0) is 60.2. The van der Waals surface area contributed by atoms with E-state index in [0.29, 0.717) is 75.8 Å². The van der Waals surface area contributed by atoms with Crippen molar-refractivity contribution in [2.45, 2.75) is 198 Å². The van der Waals surface area contributed by atoms with Gasteiger partial charge in [-0.15, -0.1) is 0 Å². The second-order valence-corrected chi connectivity index (χ2v) is 30.3. The number of carboxylic acid groups (broad SMARTS) is 1. The maximum atomic E-state index is 15.6. The Bertz CT molecular complexity index is 2900. The number of hydrogen-bond donors (Lipinski definition) is 15. The molecule has 5 heterocycles. The van der Waals surface area contributed by atoms with Crippen LogP contribution in [0.5, 0.6) is 0 Å². The van der Waals surface area contributed by atoms with Crippen LogP contribution in [0.4, 0.5) is 5.82 Å². The van der Waals surface area contributed by atoms with Gasteiger partial charge in [0.1, 0.15) is 30.4 Å². The maximum absolute atomic E-state index is 15.6. The van der Waals surface area contributed by atoms with E-state index in [1.54, 1.807) is 18.9 Å². The largest absolute Gasteiger partial charge is 0.481 e. The summed E-state index contributed by atoms with van der Waals surface area (Å²) in [6.45, 7) is 10.8. The van der Waals surface area contributed by atoms with Crippen molar-refractivity contribution < 1.29 is 65.0 Å². The van der Waals surface area contributed by atoms with Crippen molar-refractivity contribution in [1.82, 2.24) is 30.6 Å². The van der Waals surface area contributed by atoms with Gasteiger partial charge in [0.25, 0.3) is 0 Å². The highest BCUT2D eigenvalue weighted by Gasteiger charge is 2.79. The van der Waals surface area contributed by atoms with Gasteiger partial charge >= 0.3 is 5.97 Å². The molecule has 0 bridgehead atoms. The number of H-pyrrole nitrogens is 2. The molecule has 2 aromatic heterocycles. The van der Waals surface area contributed by atoms with Gasteiger partial charge in [-0.2, -0.15) is 0 Å². The number of amides is 1. The van der Waals surface area contributed by atoms with Crippen LogP contribution in [0.1, 0.15) is 136 Å². The van der Waals surface area contributed by atoms with Gasteiger partial charge in [-0.25, -0.2) is 9.97 Å². The number of anilines is 1. The Morgan fingerprint density at radius 2 is 1.65 bits per heavy atom. The third-order valence-corrected chi connectivity index (χ3v) is 27.1. The van der Waals surface area contributed by atoms with Gasteiger partial charge in [0.05, 0.1) is 72.2 Å². The van der Waals surface area contributed by atoms with Crippen molar-refractivity contribution in [3.63, 3.8) is 0 Å². The predicted octanol–water partition coefficient (Wildman–Crippen LogP) is 2.99. The van der Waals surface area contributed by atoms with E-state index < -0.39 is 147 Å². The van der Waals surface area contributed by atoms with Crippen LogP contribution >= 0.6 is 0 Å². The number of ether oxygens (including phenoxy) is 2. The molecule has 25 atom stereocenters. The fourth-order valence-electron chi connectivity index (χ4n) is 22.7. The number of rotatable bonds is 13. The van der Waals surface area contributed by atoms with Crippen LogP contribution in [0.3, 0.4) is 0 Å². The average molecular weight is 1190 g/mol. The number of aliphatic carboxylic acids is 1. The van der Waals surface area contributed by atoms with Crippen molar-refractivity contribution in [1.29, 1.82) is 0 Å². The number of aliphatic hydroxyl groups is 8. The van der Waals surface area contributed by atoms with Gasteiger partial charge < -0.3 is 87.1 Å². The van der Waals surface area contributed by atoms with Gasteiger partial charge in [-0.1, -0.05) is 84.1 Å². The number of aliphatic hydroxyl groups excluding tert-OH is 8. The van der Waals surface area contributed by atoms with E-state index in [1.807, 2.05) is 13.0 Å². The second-order valence-electron chi connectivity index (χ2n) is 30.3. The number of hydrogen-bond acceptors (Lipinski definition) is 17. The van der Waals surface area contributed by atoms with E-state index in [9.17, 15) is 50.8 Å². The smallest absolute Gasteiger partial charge is 0.310 e. The number of carbonyl (C=O) groups excluding carboxylic acids is 1. The monoisotopic (exact) mass is 1180 g/mol. The number of carbonyl (C=O) groups is 2. The van der Waals surface area contributed by atoms with Crippen LogP contribution in [0.15, 0.2) is 42.7 Å². The van der Waals surface area contributed by atoms with Crippen LogP contribution in [0.2, 0.25) is 0 Å². The van der Waals surface area contributed by atoms with E-state index in [0.717, 1.165) is 49.8 Å². The minimum absolute atomic E-state index is 0.0753. The van der Waals surface area contributed by atoms with Crippen LogP contribution in [0, 0.1) is 91.2 Å². The van der Waals surface area contributed by atoms with E-state index in [2.05, 4.69) is 70.7 Å². The first-order valence-corrected chi connectivity index (χ1v) is 32.2. The van der Waals surface area contributed by atoms with Gasteiger partial charge in [0.15, 0.2) is 6.29 Å². The molecular formula is C64H96N8O13. The van der Waals surface area contributed by atoms with Gasteiger partial charge in [-0.3, -0.25) is 9.59 Å². The molecule has 2 aromatic rings. The first-order chi connectivity index (χ1) is 40.5. The van der Waals surface area contributed by atoms with E-state index >= 15 is 4.79 Å². The number of allylic oxidation sites excluding steroid dienone is 3. The summed E-state index contributed by atoms with van der Waals surface area (Å²) in [7, 11) is 0. The number of nitrogens with zero attached hydrogens (tertiary/aromatic N) is 2. The molecule has 0 aromatic carbocycles. The molecule has 8 aliphatic carbocycles. The van der Waals surface area contributed by atoms with E-state index in [4.69, 9.17) is 20.2 Å². The fraction of sp³-hybridized carbons (Fsp3) is 0.812. The quantitative estimate of drug-likeness (QED) is 0.0779. The minimum atomic E-state index is -1.71. The zero-order valence-electron chi connectivity index (χ0n) is 50.2. The Morgan fingerprint density at radius 1 is 0.894 bits per heavy atom. The standard InChI is InChI=1S/C64H96N8O13/c1-57(28-73)20-21-63(56(82)83)37(23-57)35-12-13-42-59(3,61(35,5)36-22-39-53(71-31-69-39)68-25-38(36)63)18-15-41-58(2,29-74)51(85-54-48(78)46(76)40(75)27-84-54)47(77)44(60(41,42)4)33-14-19-64(43-26-66-30-70-43,49-45(33)62(55(81)72-49)16-8-9-17-62)50(79)34(52(65)80)24-67-32-10-6-7-11-32/h12,14,19,26,30-34,36-38,40-42,44-52,54,67-68,73-80H,6-11,13,15-18,20-25,27-29,65H2,1-5H3,(H,66,70)(H,69,71)(H,72,81)(H,82,83). The summed E-state index contributed by atoms with van der Waals surface area (Å²) >= 11 is 0. The Morgan fingerprint density at radius 3 is 2.33 bits per heavy atom. The summed E-state index contributed by atoms with van der Waals surface area (Å²) in [5, 5.41) is 119. The number of aromatic amines is 2. The lowest BCUT2D eigenvalue weighted by Crippen LogP contribution is -2.75. The number of fused-ring (bicyclic) bond motifs is 13. The van der Waals surface area contributed by atoms with Crippen molar-refractivity contribution in [3.8, 4) is 0 Å². The van der Waals surface area contributed by atoms with Crippen LogP contribution in [-0.4, -0.2) is 172 Å². The molecule has 0 radical (unpaired) electrons. The Kier molecular flexibility index (Phi) is 14.9. The molecule has 21 heteroatoms. The van der Waals surface area contributed by atoms with Gasteiger partial charge in [-0.05, 0) is 134 Å². The third-order valence-electron chi connectivity index (χ3n) is 27.1. The normalized spacial score (nSPS) is 48.2. The number of nitrogens with two attached hydrogens (primary N) is 1. The van der Waals surface area contributed by atoms with Crippen molar-refractivity contribution in [3.05, 3.63) is 54.0 Å². The lowest BCUT2D eigenvalue weighted by atomic mass is 9.28.